The summed E-state index contributed by atoms with van der Waals surface area (Å²) >= 11 is 5.59. The number of anilines is 2. The van der Waals surface area contributed by atoms with Gasteiger partial charge in [0.15, 0.2) is 0 Å². The topological polar surface area (TPSA) is 58.6 Å². The molecule has 0 aliphatic carbocycles. The van der Waals surface area contributed by atoms with Crippen molar-refractivity contribution in [3.8, 4) is 11.8 Å². The largest absolute Gasteiger partial charge is 0.324 e. The van der Waals surface area contributed by atoms with Gasteiger partial charge >= 0.3 is 0 Å². The van der Waals surface area contributed by atoms with Gasteiger partial charge in [0.2, 0.25) is 10.7 Å². The molecule has 126 valence electrons. The summed E-state index contributed by atoms with van der Waals surface area (Å²) in [7, 11) is 0. The molecule has 1 aromatic heterocycles. The molecule has 0 atom stereocenters. The second-order valence-corrected chi connectivity index (χ2v) is 6.26. The second kappa shape index (κ2) is 7.32. The van der Waals surface area contributed by atoms with E-state index < -0.39 is 0 Å². The van der Waals surface area contributed by atoms with Gasteiger partial charge in [0.05, 0.1) is 24.7 Å². The van der Waals surface area contributed by atoms with E-state index in [2.05, 4.69) is 16.5 Å². The van der Waals surface area contributed by atoms with Crippen LogP contribution in [0.3, 0.4) is 0 Å². The van der Waals surface area contributed by atoms with Crippen LogP contribution < -0.4 is 5.32 Å². The molecule has 0 fully saturated rings. The van der Waals surface area contributed by atoms with Gasteiger partial charge in [-0.05, 0) is 50.3 Å². The van der Waals surface area contributed by atoms with Gasteiger partial charge < -0.3 is 5.32 Å². The summed E-state index contributed by atoms with van der Waals surface area (Å²) in [6.45, 7) is 4.57. The third-order valence-corrected chi connectivity index (χ3v) is 4.27. The lowest BCUT2D eigenvalue weighted by Gasteiger charge is -2.09. The summed E-state index contributed by atoms with van der Waals surface area (Å²) in [5, 5.41) is 16.8. The zero-order valence-corrected chi connectivity index (χ0v) is 15.0. The standard InChI is InChI=1S/C19H19N5S/c1-14-4-8-16(9-5-14)21-18-22-23(13-3-12-20)19(25)24(18)17-10-6-15(2)7-11-17/h4-11H,3,13H2,1-2H3,(H,21,22). The molecule has 0 unspecified atom stereocenters. The predicted molar refractivity (Wildman–Crippen MR) is 102 cm³/mol. The molecule has 0 radical (unpaired) electrons. The van der Waals surface area contributed by atoms with E-state index in [0.29, 0.717) is 23.7 Å². The van der Waals surface area contributed by atoms with E-state index in [1.165, 1.54) is 11.1 Å². The van der Waals surface area contributed by atoms with Crippen LogP contribution in [0.2, 0.25) is 0 Å². The van der Waals surface area contributed by atoms with Crippen LogP contribution in [0.15, 0.2) is 48.5 Å². The van der Waals surface area contributed by atoms with Crippen molar-refractivity contribution in [3.63, 3.8) is 0 Å². The van der Waals surface area contributed by atoms with Crippen molar-refractivity contribution in [2.24, 2.45) is 0 Å². The maximum absolute atomic E-state index is 8.86. The van der Waals surface area contributed by atoms with Crippen LogP contribution in [0.5, 0.6) is 0 Å². The Morgan fingerprint density at radius 3 is 2.24 bits per heavy atom. The van der Waals surface area contributed by atoms with Crippen LogP contribution in [-0.4, -0.2) is 14.3 Å². The summed E-state index contributed by atoms with van der Waals surface area (Å²) in [6.07, 6.45) is 0.364. The fourth-order valence-electron chi connectivity index (χ4n) is 2.48. The Morgan fingerprint density at radius 1 is 1.04 bits per heavy atom. The first-order chi connectivity index (χ1) is 12.1. The van der Waals surface area contributed by atoms with Gasteiger partial charge in [0, 0.05) is 5.69 Å². The molecule has 0 aliphatic heterocycles. The van der Waals surface area contributed by atoms with Gasteiger partial charge in [-0.25, -0.2) is 4.68 Å². The van der Waals surface area contributed by atoms with Gasteiger partial charge in [-0.15, -0.1) is 5.10 Å². The van der Waals surface area contributed by atoms with E-state index >= 15 is 0 Å². The van der Waals surface area contributed by atoms with Crippen molar-refractivity contribution in [2.45, 2.75) is 26.8 Å². The molecule has 0 saturated heterocycles. The number of nitriles is 1. The molecule has 0 spiro atoms. The molecule has 0 aliphatic rings. The van der Waals surface area contributed by atoms with Crippen molar-refractivity contribution in [2.75, 3.05) is 5.32 Å². The minimum atomic E-state index is 0.364. The monoisotopic (exact) mass is 349 g/mol. The number of aryl methyl sites for hydroxylation is 3. The molecule has 1 heterocycles. The smallest absolute Gasteiger partial charge is 0.232 e. The summed E-state index contributed by atoms with van der Waals surface area (Å²) in [4.78, 5) is 0. The van der Waals surface area contributed by atoms with Gasteiger partial charge in [0.1, 0.15) is 0 Å². The number of hydrogen-bond donors (Lipinski definition) is 1. The minimum absolute atomic E-state index is 0.364. The molecule has 6 heteroatoms. The third kappa shape index (κ3) is 3.78. The van der Waals surface area contributed by atoms with E-state index in [1.807, 2.05) is 66.9 Å². The molecule has 2 aromatic carbocycles. The first-order valence-electron chi connectivity index (χ1n) is 8.06. The highest BCUT2D eigenvalue weighted by Gasteiger charge is 2.13. The van der Waals surface area contributed by atoms with E-state index in [1.54, 1.807) is 4.68 Å². The number of hydrogen-bond acceptors (Lipinski definition) is 4. The van der Waals surface area contributed by atoms with Crippen LogP contribution in [0.1, 0.15) is 17.5 Å². The van der Waals surface area contributed by atoms with Crippen LogP contribution in [0.4, 0.5) is 11.6 Å². The Kier molecular flexibility index (Phi) is 4.96. The lowest BCUT2D eigenvalue weighted by molar-refractivity contribution is 0.616. The highest BCUT2D eigenvalue weighted by molar-refractivity contribution is 7.71. The van der Waals surface area contributed by atoms with Crippen molar-refractivity contribution in [3.05, 3.63) is 64.4 Å². The molecular weight excluding hydrogens is 330 g/mol. The van der Waals surface area contributed by atoms with Crippen molar-refractivity contribution < 1.29 is 0 Å². The average Bonchev–Trinajstić information content (AvgIpc) is 2.91. The summed E-state index contributed by atoms with van der Waals surface area (Å²) in [5.74, 6) is 0.635. The van der Waals surface area contributed by atoms with Crippen LogP contribution in [0.25, 0.3) is 5.69 Å². The van der Waals surface area contributed by atoms with Gasteiger partial charge in [-0.3, -0.25) is 4.57 Å². The van der Waals surface area contributed by atoms with Crippen LogP contribution in [-0.2, 0) is 6.54 Å². The third-order valence-electron chi connectivity index (χ3n) is 3.87. The van der Waals surface area contributed by atoms with Gasteiger partial charge in [0.25, 0.3) is 0 Å². The fraction of sp³-hybridized carbons (Fsp3) is 0.211. The SMILES string of the molecule is Cc1ccc(Nc2nn(CCC#N)c(=S)n2-c2ccc(C)cc2)cc1. The number of rotatable bonds is 5. The Balaban J connectivity index is 2.05. The molecule has 3 aromatic rings. The Morgan fingerprint density at radius 2 is 1.64 bits per heavy atom. The number of aromatic nitrogens is 3. The highest BCUT2D eigenvalue weighted by Crippen LogP contribution is 2.21. The van der Waals surface area contributed by atoms with Crippen molar-refractivity contribution in [1.29, 1.82) is 5.26 Å². The first-order valence-corrected chi connectivity index (χ1v) is 8.47. The number of nitrogens with one attached hydrogen (secondary N) is 1. The Bertz CT molecular complexity index is 959. The molecule has 0 bridgehead atoms. The van der Waals surface area contributed by atoms with Crippen molar-refractivity contribution >= 4 is 23.9 Å². The fourth-order valence-corrected chi connectivity index (χ4v) is 2.81. The van der Waals surface area contributed by atoms with E-state index in [0.717, 1.165) is 11.4 Å². The zero-order valence-electron chi connectivity index (χ0n) is 14.2. The highest BCUT2D eigenvalue weighted by atomic mass is 32.1. The predicted octanol–water partition coefficient (Wildman–Crippen LogP) is 4.68. The lowest BCUT2D eigenvalue weighted by Crippen LogP contribution is -2.02. The molecule has 25 heavy (non-hydrogen) atoms. The lowest BCUT2D eigenvalue weighted by atomic mass is 10.2. The van der Waals surface area contributed by atoms with E-state index in [-0.39, 0.29) is 0 Å². The zero-order chi connectivity index (χ0) is 17.8. The Labute approximate surface area is 152 Å². The van der Waals surface area contributed by atoms with Gasteiger partial charge in [-0.2, -0.15) is 5.26 Å². The molecule has 1 N–H and O–H groups in total. The first kappa shape index (κ1) is 16.9. The Hall–Kier alpha value is -2.91. The van der Waals surface area contributed by atoms with E-state index in [9.17, 15) is 0 Å². The molecule has 0 amide bonds. The van der Waals surface area contributed by atoms with Gasteiger partial charge in [-0.1, -0.05) is 35.4 Å². The number of benzene rings is 2. The normalized spacial score (nSPS) is 10.4. The van der Waals surface area contributed by atoms with Crippen LogP contribution in [0, 0.1) is 29.9 Å². The summed E-state index contributed by atoms with van der Waals surface area (Å²) < 4.78 is 4.15. The molecular formula is C19H19N5S. The van der Waals surface area contributed by atoms with Crippen molar-refractivity contribution in [1.82, 2.24) is 14.3 Å². The number of nitrogens with zero attached hydrogens (tertiary/aromatic N) is 4. The second-order valence-electron chi connectivity index (χ2n) is 5.90. The quantitative estimate of drug-likeness (QED) is 0.680. The summed E-state index contributed by atoms with van der Waals surface area (Å²) in [5.41, 5.74) is 4.25. The summed E-state index contributed by atoms with van der Waals surface area (Å²) in [6, 6.07) is 18.3. The van der Waals surface area contributed by atoms with Crippen LogP contribution >= 0.6 is 12.2 Å². The maximum Gasteiger partial charge on any atom is 0.232 e. The average molecular weight is 349 g/mol. The maximum atomic E-state index is 8.86. The molecule has 3 rings (SSSR count). The molecule has 5 nitrogen and oxygen atoms in total. The van der Waals surface area contributed by atoms with E-state index in [4.69, 9.17) is 17.5 Å². The minimum Gasteiger partial charge on any atom is -0.324 e. The molecule has 0 saturated carbocycles.